The van der Waals surface area contributed by atoms with Gasteiger partial charge in [0.05, 0.1) is 11.7 Å². The molecule has 1 unspecified atom stereocenters. The molecule has 1 aliphatic carbocycles. The highest BCUT2D eigenvalue weighted by Gasteiger charge is 2.34. The lowest BCUT2D eigenvalue weighted by atomic mass is 9.83. The summed E-state index contributed by atoms with van der Waals surface area (Å²) in [6, 6.07) is 9.35. The molecule has 2 aliphatic heterocycles. The number of nitrogens with two attached hydrogens (primary N) is 1. The summed E-state index contributed by atoms with van der Waals surface area (Å²) in [4.78, 5) is 4.66. The number of hydrogen-bond donors (Lipinski definition) is 2. The fraction of sp³-hybridized carbons (Fsp3) is 0.571. The molecule has 2 heterocycles. The summed E-state index contributed by atoms with van der Waals surface area (Å²) in [5.74, 6) is 0. The number of methoxy groups -OCH3 is 1. The predicted molar refractivity (Wildman–Crippen MR) is 138 cm³/mol. The van der Waals surface area contributed by atoms with Crippen LogP contribution in [0, 0.1) is 0 Å². The summed E-state index contributed by atoms with van der Waals surface area (Å²) in [6.07, 6.45) is 0.973. The Morgan fingerprint density at radius 1 is 1.00 bits per heavy atom. The van der Waals surface area contributed by atoms with Gasteiger partial charge in [-0.3, -0.25) is 0 Å². The molecule has 0 spiro atoms. The van der Waals surface area contributed by atoms with Gasteiger partial charge in [-0.2, -0.15) is 13.2 Å². The summed E-state index contributed by atoms with van der Waals surface area (Å²) in [7, 11) is 1.76. The molecule has 3 N–H and O–H groups in total. The fourth-order valence-electron chi connectivity index (χ4n) is 6.00. The molecule has 196 valence electrons. The summed E-state index contributed by atoms with van der Waals surface area (Å²) in [5.41, 5.74) is 11.0. The summed E-state index contributed by atoms with van der Waals surface area (Å²) in [5, 5.41) is 3.51. The number of alkyl halides is 3. The van der Waals surface area contributed by atoms with E-state index >= 15 is 0 Å². The lowest BCUT2D eigenvalue weighted by molar-refractivity contribution is -0.137. The standard InChI is InChI=1S/C28H37F3N4O/c1-36-25-3-2-9-35(18-25)24-5-4-19-16-26-21(13-20(19)15-24)14-22(28(29,30)31)17-27(26)33-23-6-10-34(11-7-23)12-8-32/h4-5,14-15,17,23,25,33H,2-3,6-13,16,18,32H2,1H3. The Hall–Kier alpha value is -2.29. The van der Waals surface area contributed by atoms with E-state index in [0.29, 0.717) is 25.1 Å². The molecule has 0 bridgehead atoms. The van der Waals surface area contributed by atoms with E-state index in [1.54, 1.807) is 7.11 Å². The maximum absolute atomic E-state index is 13.9. The van der Waals surface area contributed by atoms with Gasteiger partial charge < -0.3 is 25.6 Å². The first-order chi connectivity index (χ1) is 17.3. The van der Waals surface area contributed by atoms with E-state index in [-0.39, 0.29) is 12.1 Å². The van der Waals surface area contributed by atoms with Crippen molar-refractivity contribution in [3.63, 3.8) is 0 Å². The van der Waals surface area contributed by atoms with Gasteiger partial charge in [-0.15, -0.1) is 0 Å². The average Bonchev–Trinajstić information content (AvgIpc) is 2.88. The topological polar surface area (TPSA) is 53.8 Å². The van der Waals surface area contributed by atoms with Crippen molar-refractivity contribution < 1.29 is 17.9 Å². The van der Waals surface area contributed by atoms with Crippen molar-refractivity contribution in [2.45, 2.75) is 56.8 Å². The molecule has 5 rings (SSSR count). The Labute approximate surface area is 211 Å². The van der Waals surface area contributed by atoms with Crippen molar-refractivity contribution in [3.8, 4) is 0 Å². The molecule has 2 fully saturated rings. The van der Waals surface area contributed by atoms with Gasteiger partial charge in [0, 0.05) is 70.2 Å². The highest BCUT2D eigenvalue weighted by molar-refractivity contribution is 5.64. The largest absolute Gasteiger partial charge is 0.416 e. The number of nitrogens with one attached hydrogen (secondary N) is 1. The van der Waals surface area contributed by atoms with Gasteiger partial charge in [-0.05, 0) is 78.6 Å². The van der Waals surface area contributed by atoms with Gasteiger partial charge in [-0.25, -0.2) is 0 Å². The van der Waals surface area contributed by atoms with Gasteiger partial charge in [-0.1, -0.05) is 6.07 Å². The normalized spacial score (nSPS) is 21.2. The smallest absolute Gasteiger partial charge is 0.382 e. The second kappa shape index (κ2) is 10.6. The second-order valence-electron chi connectivity index (χ2n) is 10.5. The number of anilines is 2. The van der Waals surface area contributed by atoms with Gasteiger partial charge >= 0.3 is 6.18 Å². The van der Waals surface area contributed by atoms with Crippen molar-refractivity contribution in [2.75, 3.05) is 56.6 Å². The van der Waals surface area contributed by atoms with Crippen molar-refractivity contribution in [1.82, 2.24) is 4.90 Å². The van der Waals surface area contributed by atoms with Crippen LogP contribution in [0.3, 0.4) is 0 Å². The molecule has 36 heavy (non-hydrogen) atoms. The van der Waals surface area contributed by atoms with Crippen LogP contribution in [0.2, 0.25) is 0 Å². The van der Waals surface area contributed by atoms with E-state index in [2.05, 4.69) is 33.3 Å². The predicted octanol–water partition coefficient (Wildman–Crippen LogP) is 4.65. The first-order valence-electron chi connectivity index (χ1n) is 13.2. The third-order valence-electron chi connectivity index (χ3n) is 8.08. The van der Waals surface area contributed by atoms with Crippen LogP contribution < -0.4 is 16.0 Å². The third-order valence-corrected chi connectivity index (χ3v) is 8.08. The minimum absolute atomic E-state index is 0.170. The Kier molecular flexibility index (Phi) is 7.47. The zero-order chi connectivity index (χ0) is 25.3. The molecule has 0 amide bonds. The van der Waals surface area contributed by atoms with Crippen LogP contribution in [-0.2, 0) is 23.8 Å². The van der Waals surface area contributed by atoms with E-state index in [0.717, 1.165) is 80.8 Å². The molecule has 0 saturated carbocycles. The molecule has 2 aromatic rings. The minimum atomic E-state index is -4.37. The number of halogens is 3. The Morgan fingerprint density at radius 2 is 1.81 bits per heavy atom. The average molecular weight is 503 g/mol. The highest BCUT2D eigenvalue weighted by Crippen LogP contribution is 2.40. The second-order valence-corrected chi connectivity index (χ2v) is 10.5. The van der Waals surface area contributed by atoms with Crippen LogP contribution in [0.25, 0.3) is 0 Å². The number of benzene rings is 2. The Morgan fingerprint density at radius 3 is 2.53 bits per heavy atom. The van der Waals surface area contributed by atoms with E-state index < -0.39 is 11.7 Å². The molecule has 2 aromatic carbocycles. The number of fused-ring (bicyclic) bond motifs is 2. The van der Waals surface area contributed by atoms with Crippen LogP contribution in [0.1, 0.15) is 53.5 Å². The van der Waals surface area contributed by atoms with Gasteiger partial charge in [0.25, 0.3) is 0 Å². The molecule has 5 nitrogen and oxygen atoms in total. The molecular weight excluding hydrogens is 465 g/mol. The number of nitrogens with zero attached hydrogens (tertiary/aromatic N) is 2. The number of likely N-dealkylation sites (tertiary alicyclic amines) is 1. The van der Waals surface area contributed by atoms with E-state index in [1.165, 1.54) is 17.7 Å². The third kappa shape index (κ3) is 5.50. The molecule has 2 saturated heterocycles. The van der Waals surface area contributed by atoms with Gasteiger partial charge in [0.2, 0.25) is 0 Å². The van der Waals surface area contributed by atoms with E-state index in [1.807, 2.05) is 0 Å². The zero-order valence-corrected chi connectivity index (χ0v) is 21.0. The van der Waals surface area contributed by atoms with E-state index in [9.17, 15) is 13.2 Å². The monoisotopic (exact) mass is 502 g/mol. The molecule has 1 atom stereocenters. The lowest BCUT2D eigenvalue weighted by Gasteiger charge is -2.35. The number of ether oxygens (including phenoxy) is 1. The van der Waals surface area contributed by atoms with Crippen molar-refractivity contribution >= 4 is 11.4 Å². The molecule has 0 aromatic heterocycles. The van der Waals surface area contributed by atoms with Crippen molar-refractivity contribution in [3.05, 3.63) is 58.1 Å². The minimum Gasteiger partial charge on any atom is -0.382 e. The summed E-state index contributed by atoms with van der Waals surface area (Å²) in [6.45, 7) is 5.16. The number of hydrogen-bond acceptors (Lipinski definition) is 5. The Balaban J connectivity index is 1.39. The number of piperidine rings is 2. The fourth-order valence-corrected chi connectivity index (χ4v) is 6.00. The number of rotatable bonds is 6. The summed E-state index contributed by atoms with van der Waals surface area (Å²) < 4.78 is 47.2. The quantitative estimate of drug-likeness (QED) is 0.514. The van der Waals surface area contributed by atoms with Crippen LogP contribution in [-0.4, -0.2) is 63.4 Å². The van der Waals surface area contributed by atoms with Crippen LogP contribution in [0.5, 0.6) is 0 Å². The maximum atomic E-state index is 13.9. The zero-order valence-electron chi connectivity index (χ0n) is 21.0. The highest BCUT2D eigenvalue weighted by atomic mass is 19.4. The van der Waals surface area contributed by atoms with Crippen LogP contribution >= 0.6 is 0 Å². The van der Waals surface area contributed by atoms with E-state index in [4.69, 9.17) is 10.5 Å². The first-order valence-corrected chi connectivity index (χ1v) is 13.2. The SMILES string of the molecule is COC1CCCN(c2ccc3c(c2)Cc2cc(C(F)(F)F)cc(NC4CCN(CCN)CC4)c2C3)C1. The molecule has 8 heteroatoms. The Bertz CT molecular complexity index is 1070. The van der Waals surface area contributed by atoms with Crippen LogP contribution in [0.4, 0.5) is 24.5 Å². The molecule has 0 radical (unpaired) electrons. The van der Waals surface area contributed by atoms with Gasteiger partial charge in [0.1, 0.15) is 0 Å². The van der Waals surface area contributed by atoms with Gasteiger partial charge in [0.15, 0.2) is 0 Å². The van der Waals surface area contributed by atoms with Crippen molar-refractivity contribution in [2.24, 2.45) is 5.73 Å². The molecule has 3 aliphatic rings. The first kappa shape index (κ1) is 25.4. The summed E-state index contributed by atoms with van der Waals surface area (Å²) >= 11 is 0. The maximum Gasteiger partial charge on any atom is 0.416 e. The lowest BCUT2D eigenvalue weighted by Crippen LogP contribution is -2.41. The molecular formula is C28H37F3N4O. The van der Waals surface area contributed by atoms with Crippen LogP contribution in [0.15, 0.2) is 30.3 Å². The van der Waals surface area contributed by atoms with Crippen molar-refractivity contribution in [1.29, 1.82) is 0 Å².